The van der Waals surface area contributed by atoms with Crippen molar-refractivity contribution in [3.63, 3.8) is 0 Å². The highest BCUT2D eigenvalue weighted by Gasteiger charge is 1.97. The molecule has 0 spiro atoms. The molecule has 0 aromatic rings. The minimum Gasteiger partial charge on any atom is -0.298 e. The molecule has 0 aliphatic rings. The zero-order valence-electron chi connectivity index (χ0n) is 6.13. The van der Waals surface area contributed by atoms with E-state index in [9.17, 15) is 9.59 Å². The van der Waals surface area contributed by atoms with Gasteiger partial charge in [-0.2, -0.15) is 0 Å². The molecule has 0 aromatic heterocycles. The molecule has 0 N–H and O–H groups in total. The lowest BCUT2D eigenvalue weighted by molar-refractivity contribution is -0.115. The molecule has 0 rings (SSSR count). The third-order valence-corrected chi connectivity index (χ3v) is 1.00. The predicted octanol–water partition coefficient (Wildman–Crippen LogP) is 1.28. The van der Waals surface area contributed by atoms with Crippen LogP contribution in [0.15, 0.2) is 23.8 Å². The SMILES string of the molecule is C/C=C\C=C(\C=O)C(C)=O. The minimum absolute atomic E-state index is 0.201. The van der Waals surface area contributed by atoms with Crippen LogP contribution >= 0.6 is 0 Å². The Hall–Kier alpha value is -1.18. The number of Topliss-reactive ketones (excluding diaryl/α,β-unsaturated/α-hetero) is 1. The van der Waals surface area contributed by atoms with E-state index in [0.717, 1.165) is 0 Å². The lowest BCUT2D eigenvalue weighted by Gasteiger charge is -1.86. The van der Waals surface area contributed by atoms with Gasteiger partial charge in [-0.1, -0.05) is 12.2 Å². The molecule has 0 radical (unpaired) electrons. The Morgan fingerprint density at radius 3 is 2.30 bits per heavy atom. The van der Waals surface area contributed by atoms with Crippen molar-refractivity contribution in [1.82, 2.24) is 0 Å². The Bertz CT molecular complexity index is 187. The van der Waals surface area contributed by atoms with Crippen LogP contribution in [-0.4, -0.2) is 12.1 Å². The molecule has 0 amide bonds. The van der Waals surface area contributed by atoms with Gasteiger partial charge in [-0.05, 0) is 19.9 Å². The van der Waals surface area contributed by atoms with E-state index >= 15 is 0 Å². The third-order valence-electron chi connectivity index (χ3n) is 1.00. The molecule has 2 nitrogen and oxygen atoms in total. The molecule has 54 valence electrons. The first-order valence-electron chi connectivity index (χ1n) is 3.01. The molecule has 0 fully saturated rings. The van der Waals surface area contributed by atoms with Crippen molar-refractivity contribution in [1.29, 1.82) is 0 Å². The Labute approximate surface area is 60.2 Å². The maximum Gasteiger partial charge on any atom is 0.163 e. The smallest absolute Gasteiger partial charge is 0.163 e. The van der Waals surface area contributed by atoms with Crippen LogP contribution < -0.4 is 0 Å². The molecule has 0 bridgehead atoms. The molecular formula is C8H10O2. The van der Waals surface area contributed by atoms with Crippen molar-refractivity contribution < 1.29 is 9.59 Å². The number of carbonyl (C=O) groups excluding carboxylic acids is 2. The summed E-state index contributed by atoms with van der Waals surface area (Å²) in [5.41, 5.74) is 0.207. The summed E-state index contributed by atoms with van der Waals surface area (Å²) in [6.07, 6.45) is 5.47. The summed E-state index contributed by atoms with van der Waals surface area (Å²) >= 11 is 0. The second-order valence-electron chi connectivity index (χ2n) is 1.82. The van der Waals surface area contributed by atoms with E-state index in [4.69, 9.17) is 0 Å². The molecule has 0 atom stereocenters. The Morgan fingerprint density at radius 1 is 1.40 bits per heavy atom. The summed E-state index contributed by atoms with van der Waals surface area (Å²) in [7, 11) is 0. The molecule has 0 saturated heterocycles. The molecule has 2 heteroatoms. The van der Waals surface area contributed by atoms with E-state index in [2.05, 4.69) is 0 Å². The first-order chi connectivity index (χ1) is 4.72. The van der Waals surface area contributed by atoms with Crippen molar-refractivity contribution in [2.75, 3.05) is 0 Å². The van der Waals surface area contributed by atoms with Gasteiger partial charge in [0.15, 0.2) is 12.1 Å². The zero-order chi connectivity index (χ0) is 7.98. The molecule has 0 aromatic carbocycles. The van der Waals surface area contributed by atoms with Crippen LogP contribution in [0.25, 0.3) is 0 Å². The van der Waals surface area contributed by atoms with Crippen molar-refractivity contribution in [2.24, 2.45) is 0 Å². The number of ketones is 1. The lowest BCUT2D eigenvalue weighted by atomic mass is 10.2. The van der Waals surface area contributed by atoms with Gasteiger partial charge in [0.25, 0.3) is 0 Å². The highest BCUT2D eigenvalue weighted by molar-refractivity contribution is 6.10. The number of rotatable bonds is 3. The highest BCUT2D eigenvalue weighted by atomic mass is 16.1. The molecule has 0 saturated carbocycles. The van der Waals surface area contributed by atoms with Gasteiger partial charge in [0.05, 0.1) is 5.57 Å². The van der Waals surface area contributed by atoms with Crippen LogP contribution in [0, 0.1) is 0 Å². The van der Waals surface area contributed by atoms with Gasteiger partial charge in [-0.25, -0.2) is 0 Å². The maximum atomic E-state index is 10.5. The zero-order valence-corrected chi connectivity index (χ0v) is 6.13. The highest BCUT2D eigenvalue weighted by Crippen LogP contribution is 1.91. The molecule has 0 aliphatic heterocycles. The molecule has 10 heavy (non-hydrogen) atoms. The van der Waals surface area contributed by atoms with Gasteiger partial charge >= 0.3 is 0 Å². The van der Waals surface area contributed by atoms with Crippen molar-refractivity contribution in [3.05, 3.63) is 23.8 Å². The molecule has 0 unspecified atom stereocenters. The fraction of sp³-hybridized carbons (Fsp3) is 0.250. The Kier molecular flexibility index (Phi) is 4.12. The Morgan fingerprint density at radius 2 is 2.00 bits per heavy atom. The predicted molar refractivity (Wildman–Crippen MR) is 39.6 cm³/mol. The number of hydrogen-bond donors (Lipinski definition) is 0. The van der Waals surface area contributed by atoms with Crippen LogP contribution in [0.2, 0.25) is 0 Å². The number of carbonyl (C=O) groups is 2. The second-order valence-corrected chi connectivity index (χ2v) is 1.82. The van der Waals surface area contributed by atoms with Gasteiger partial charge in [0.1, 0.15) is 0 Å². The standard InChI is InChI=1S/C8H10O2/c1-3-4-5-8(6-9)7(2)10/h3-6H,1-2H3/b4-3-,8-5-. The van der Waals surface area contributed by atoms with E-state index in [1.807, 2.05) is 6.92 Å². The summed E-state index contributed by atoms with van der Waals surface area (Å²) in [6.45, 7) is 3.18. The van der Waals surface area contributed by atoms with Gasteiger partial charge in [-0.3, -0.25) is 9.59 Å². The van der Waals surface area contributed by atoms with Gasteiger partial charge in [0.2, 0.25) is 0 Å². The van der Waals surface area contributed by atoms with E-state index in [1.165, 1.54) is 13.0 Å². The largest absolute Gasteiger partial charge is 0.298 e. The van der Waals surface area contributed by atoms with E-state index < -0.39 is 0 Å². The van der Waals surface area contributed by atoms with Crippen LogP contribution in [-0.2, 0) is 9.59 Å². The van der Waals surface area contributed by atoms with E-state index in [0.29, 0.717) is 6.29 Å². The summed E-state index contributed by atoms with van der Waals surface area (Å²) < 4.78 is 0. The number of aldehydes is 1. The topological polar surface area (TPSA) is 34.1 Å². The number of hydrogen-bond acceptors (Lipinski definition) is 2. The van der Waals surface area contributed by atoms with Crippen molar-refractivity contribution >= 4 is 12.1 Å². The lowest BCUT2D eigenvalue weighted by Crippen LogP contribution is -1.96. The van der Waals surface area contributed by atoms with Crippen LogP contribution in [0.1, 0.15) is 13.8 Å². The van der Waals surface area contributed by atoms with Gasteiger partial charge in [-0.15, -0.1) is 0 Å². The normalized spacial score (nSPS) is 12.0. The summed E-state index contributed by atoms with van der Waals surface area (Å²) in [6, 6.07) is 0. The first-order valence-corrected chi connectivity index (χ1v) is 3.01. The van der Waals surface area contributed by atoms with E-state index in [-0.39, 0.29) is 11.4 Å². The minimum atomic E-state index is -0.201. The molecule has 0 aliphatic carbocycles. The first kappa shape index (κ1) is 8.82. The van der Waals surface area contributed by atoms with Crippen LogP contribution in [0.5, 0.6) is 0 Å². The van der Waals surface area contributed by atoms with Gasteiger partial charge < -0.3 is 0 Å². The fourth-order valence-corrected chi connectivity index (χ4v) is 0.440. The van der Waals surface area contributed by atoms with Crippen molar-refractivity contribution in [2.45, 2.75) is 13.8 Å². The van der Waals surface area contributed by atoms with E-state index in [1.54, 1.807) is 12.2 Å². The number of allylic oxidation sites excluding steroid dienone is 4. The quantitative estimate of drug-likeness (QED) is 0.193. The maximum absolute atomic E-state index is 10.5. The molecular weight excluding hydrogens is 128 g/mol. The Balaban J connectivity index is 4.33. The average molecular weight is 138 g/mol. The van der Waals surface area contributed by atoms with Gasteiger partial charge in [0, 0.05) is 0 Å². The molecule has 0 heterocycles. The third kappa shape index (κ3) is 2.97. The average Bonchev–Trinajstić information content (AvgIpc) is 1.89. The van der Waals surface area contributed by atoms with Crippen molar-refractivity contribution in [3.8, 4) is 0 Å². The second kappa shape index (κ2) is 4.68. The van der Waals surface area contributed by atoms with Crippen LogP contribution in [0.4, 0.5) is 0 Å². The summed E-state index contributed by atoms with van der Waals surface area (Å²) in [5, 5.41) is 0. The summed E-state index contributed by atoms with van der Waals surface area (Å²) in [4.78, 5) is 20.7. The monoisotopic (exact) mass is 138 g/mol. The fourth-order valence-electron chi connectivity index (χ4n) is 0.440. The van der Waals surface area contributed by atoms with Crippen LogP contribution in [0.3, 0.4) is 0 Å². The summed E-state index contributed by atoms with van der Waals surface area (Å²) in [5.74, 6) is -0.201.